The minimum absolute atomic E-state index is 0.101. The maximum Gasteiger partial charge on any atom is 0.253 e. The van der Waals surface area contributed by atoms with Crippen molar-refractivity contribution in [2.75, 3.05) is 17.7 Å². The summed E-state index contributed by atoms with van der Waals surface area (Å²) < 4.78 is 5.62. The molecule has 5 nitrogen and oxygen atoms in total. The monoisotopic (exact) mass is 311 g/mol. The van der Waals surface area contributed by atoms with E-state index in [-0.39, 0.29) is 5.91 Å². The molecule has 2 aromatic carbocycles. The summed E-state index contributed by atoms with van der Waals surface area (Å²) in [5.41, 5.74) is 8.49. The van der Waals surface area contributed by atoms with Gasteiger partial charge in [0, 0.05) is 11.7 Å². The minimum atomic E-state index is -0.101. The number of benzene rings is 2. The van der Waals surface area contributed by atoms with E-state index in [2.05, 4.69) is 10.6 Å². The van der Waals surface area contributed by atoms with Crippen LogP contribution < -0.4 is 21.1 Å². The molecule has 0 aliphatic heterocycles. The average Bonchev–Trinajstić information content (AvgIpc) is 3.35. The molecule has 1 fully saturated rings. The number of nitrogens with two attached hydrogens (primary N) is 1. The van der Waals surface area contributed by atoms with Crippen molar-refractivity contribution in [3.63, 3.8) is 0 Å². The van der Waals surface area contributed by atoms with Crippen molar-refractivity contribution in [1.82, 2.24) is 5.32 Å². The molecule has 0 atom stereocenters. The number of ether oxygens (including phenoxy) is 1. The van der Waals surface area contributed by atoms with Crippen LogP contribution in [0.4, 0.5) is 17.1 Å². The number of amides is 1. The molecule has 23 heavy (non-hydrogen) atoms. The molecule has 0 bridgehead atoms. The molecule has 0 radical (unpaired) electrons. The zero-order valence-electron chi connectivity index (χ0n) is 13.1. The van der Waals surface area contributed by atoms with Gasteiger partial charge in [-0.1, -0.05) is 12.1 Å². The minimum Gasteiger partial charge on any atom is -0.492 e. The Morgan fingerprint density at radius 2 is 2.00 bits per heavy atom. The van der Waals surface area contributed by atoms with Crippen LogP contribution in [0.15, 0.2) is 42.5 Å². The smallest absolute Gasteiger partial charge is 0.253 e. The highest BCUT2D eigenvalue weighted by atomic mass is 16.5. The second-order valence-electron chi connectivity index (χ2n) is 5.61. The van der Waals surface area contributed by atoms with E-state index in [1.807, 2.05) is 37.3 Å². The molecular weight excluding hydrogens is 290 g/mol. The summed E-state index contributed by atoms with van der Waals surface area (Å²) in [5, 5.41) is 6.28. The van der Waals surface area contributed by atoms with E-state index < -0.39 is 0 Å². The Morgan fingerprint density at radius 1 is 1.22 bits per heavy atom. The van der Waals surface area contributed by atoms with Crippen molar-refractivity contribution >= 4 is 23.0 Å². The highest BCUT2D eigenvalue weighted by Gasteiger charge is 2.25. The van der Waals surface area contributed by atoms with E-state index in [1.54, 1.807) is 12.1 Å². The van der Waals surface area contributed by atoms with Crippen LogP contribution in [0.3, 0.4) is 0 Å². The first kappa shape index (κ1) is 15.2. The third kappa shape index (κ3) is 3.74. The van der Waals surface area contributed by atoms with E-state index in [1.165, 1.54) is 0 Å². The molecular formula is C18H21N3O2. The Morgan fingerprint density at radius 3 is 2.74 bits per heavy atom. The number of para-hydroxylation sites is 2. The predicted molar refractivity (Wildman–Crippen MR) is 92.2 cm³/mol. The number of nitrogen functional groups attached to an aromatic ring is 1. The zero-order valence-corrected chi connectivity index (χ0v) is 13.1. The number of carbonyl (C=O) groups excluding carboxylic acids is 1. The van der Waals surface area contributed by atoms with E-state index in [4.69, 9.17) is 10.5 Å². The van der Waals surface area contributed by atoms with Gasteiger partial charge in [0.2, 0.25) is 0 Å². The molecule has 0 unspecified atom stereocenters. The summed E-state index contributed by atoms with van der Waals surface area (Å²) >= 11 is 0. The fourth-order valence-electron chi connectivity index (χ4n) is 2.35. The predicted octanol–water partition coefficient (Wildman–Crippen LogP) is 3.30. The Labute approximate surface area is 135 Å². The van der Waals surface area contributed by atoms with Gasteiger partial charge in [0.15, 0.2) is 0 Å². The highest BCUT2D eigenvalue weighted by molar-refractivity contribution is 6.01. The maximum atomic E-state index is 12.4. The van der Waals surface area contributed by atoms with Crippen LogP contribution in [-0.2, 0) is 0 Å². The molecule has 1 saturated carbocycles. The Bertz CT molecular complexity index is 711. The first-order valence-corrected chi connectivity index (χ1v) is 7.86. The lowest BCUT2D eigenvalue weighted by atomic mass is 10.1. The molecule has 5 heteroatoms. The van der Waals surface area contributed by atoms with Gasteiger partial charge in [0.1, 0.15) is 5.75 Å². The van der Waals surface area contributed by atoms with E-state index in [0.717, 1.165) is 24.3 Å². The molecule has 0 spiro atoms. The van der Waals surface area contributed by atoms with Gasteiger partial charge in [0.25, 0.3) is 5.91 Å². The molecule has 0 aromatic heterocycles. The number of hydrogen-bond acceptors (Lipinski definition) is 4. The summed E-state index contributed by atoms with van der Waals surface area (Å²) in [5.74, 6) is 0.650. The second kappa shape index (κ2) is 6.60. The van der Waals surface area contributed by atoms with Crippen LogP contribution in [0.1, 0.15) is 30.1 Å². The van der Waals surface area contributed by atoms with Gasteiger partial charge >= 0.3 is 0 Å². The van der Waals surface area contributed by atoms with Gasteiger partial charge in [-0.15, -0.1) is 0 Å². The first-order valence-electron chi connectivity index (χ1n) is 7.86. The third-order valence-electron chi connectivity index (χ3n) is 3.66. The molecule has 2 aromatic rings. The van der Waals surface area contributed by atoms with Crippen LogP contribution in [-0.4, -0.2) is 18.6 Å². The number of carbonyl (C=O) groups is 1. The van der Waals surface area contributed by atoms with Crippen molar-refractivity contribution in [2.45, 2.75) is 25.8 Å². The van der Waals surface area contributed by atoms with Crippen LogP contribution in [0.5, 0.6) is 5.75 Å². The number of hydrogen-bond donors (Lipinski definition) is 3. The number of nitrogens with one attached hydrogen (secondary N) is 2. The summed E-state index contributed by atoms with van der Waals surface area (Å²) in [6.07, 6.45) is 2.09. The van der Waals surface area contributed by atoms with E-state index in [0.29, 0.717) is 29.6 Å². The van der Waals surface area contributed by atoms with Gasteiger partial charge < -0.3 is 21.1 Å². The van der Waals surface area contributed by atoms with Crippen molar-refractivity contribution < 1.29 is 9.53 Å². The van der Waals surface area contributed by atoms with E-state index in [9.17, 15) is 4.79 Å². The largest absolute Gasteiger partial charge is 0.492 e. The lowest BCUT2D eigenvalue weighted by Gasteiger charge is -2.15. The molecule has 4 N–H and O–H groups in total. The Balaban J connectivity index is 1.88. The SMILES string of the molecule is CCOc1ccccc1Nc1ccc(N)cc1C(=O)NC1CC1. The average molecular weight is 311 g/mol. The molecule has 0 heterocycles. The Hall–Kier alpha value is -2.69. The fraction of sp³-hybridized carbons (Fsp3) is 0.278. The highest BCUT2D eigenvalue weighted by Crippen LogP contribution is 2.30. The van der Waals surface area contributed by atoms with Crippen molar-refractivity contribution in [2.24, 2.45) is 0 Å². The number of anilines is 3. The standard InChI is InChI=1S/C18H21N3O2/c1-2-23-17-6-4-3-5-16(17)21-15-10-7-12(19)11-14(15)18(22)20-13-8-9-13/h3-7,10-11,13,21H,2,8-9,19H2,1H3,(H,20,22). The van der Waals surface area contributed by atoms with Crippen LogP contribution in [0.25, 0.3) is 0 Å². The summed E-state index contributed by atoms with van der Waals surface area (Å²) in [4.78, 5) is 12.4. The van der Waals surface area contributed by atoms with Gasteiger partial charge in [-0.2, -0.15) is 0 Å². The van der Waals surface area contributed by atoms with Gasteiger partial charge in [-0.05, 0) is 50.1 Å². The van der Waals surface area contributed by atoms with Gasteiger partial charge in [-0.3, -0.25) is 4.79 Å². The lowest BCUT2D eigenvalue weighted by molar-refractivity contribution is 0.0952. The molecule has 120 valence electrons. The van der Waals surface area contributed by atoms with Crippen molar-refractivity contribution in [3.8, 4) is 5.75 Å². The van der Waals surface area contributed by atoms with Crippen LogP contribution >= 0.6 is 0 Å². The molecule has 1 aliphatic carbocycles. The maximum absolute atomic E-state index is 12.4. The normalized spacial score (nSPS) is 13.4. The van der Waals surface area contributed by atoms with Gasteiger partial charge in [-0.25, -0.2) is 0 Å². The summed E-state index contributed by atoms with van der Waals surface area (Å²) in [6.45, 7) is 2.52. The fourth-order valence-corrected chi connectivity index (χ4v) is 2.35. The summed E-state index contributed by atoms with van der Waals surface area (Å²) in [6, 6.07) is 13.2. The summed E-state index contributed by atoms with van der Waals surface area (Å²) in [7, 11) is 0. The Kier molecular flexibility index (Phi) is 4.37. The first-order chi connectivity index (χ1) is 11.2. The topological polar surface area (TPSA) is 76.4 Å². The molecule has 0 saturated heterocycles. The molecule has 3 rings (SSSR count). The lowest BCUT2D eigenvalue weighted by Crippen LogP contribution is -2.26. The second-order valence-corrected chi connectivity index (χ2v) is 5.61. The van der Waals surface area contributed by atoms with Crippen LogP contribution in [0, 0.1) is 0 Å². The van der Waals surface area contributed by atoms with E-state index >= 15 is 0 Å². The molecule has 1 aliphatic rings. The quantitative estimate of drug-likeness (QED) is 0.715. The van der Waals surface area contributed by atoms with Crippen LogP contribution in [0.2, 0.25) is 0 Å². The molecule has 1 amide bonds. The van der Waals surface area contributed by atoms with Crippen molar-refractivity contribution in [1.29, 1.82) is 0 Å². The van der Waals surface area contributed by atoms with Gasteiger partial charge in [0.05, 0.1) is 23.5 Å². The number of rotatable bonds is 6. The zero-order chi connectivity index (χ0) is 16.2. The van der Waals surface area contributed by atoms with Crippen molar-refractivity contribution in [3.05, 3.63) is 48.0 Å². The third-order valence-corrected chi connectivity index (χ3v) is 3.66.